The van der Waals surface area contributed by atoms with Crippen molar-refractivity contribution in [2.75, 3.05) is 6.61 Å². The number of benzene rings is 1. The predicted molar refractivity (Wildman–Crippen MR) is 95.4 cm³/mol. The average molecular weight is 362 g/mol. The predicted octanol–water partition coefficient (Wildman–Crippen LogP) is 1.55. The molecule has 0 aliphatic carbocycles. The molecule has 1 amide bonds. The van der Waals surface area contributed by atoms with Crippen LogP contribution in [0.1, 0.15) is 25.3 Å². The van der Waals surface area contributed by atoms with Crippen molar-refractivity contribution in [2.24, 2.45) is 0 Å². The van der Waals surface area contributed by atoms with Crippen molar-refractivity contribution >= 4 is 17.7 Å². The maximum Gasteiger partial charge on any atom is 0.344 e. The molecule has 0 radical (unpaired) electrons. The normalized spacial score (nSPS) is 18.2. The molecule has 2 heterocycles. The fraction of sp³-hybridized carbons (Fsp3) is 0.471. The molecule has 0 bridgehead atoms. The largest absolute Gasteiger partial charge is 0.376 e. The Morgan fingerprint density at radius 3 is 3.00 bits per heavy atom. The Morgan fingerprint density at radius 1 is 1.48 bits per heavy atom. The highest BCUT2D eigenvalue weighted by atomic mass is 32.2. The molecule has 3 rings (SSSR count). The zero-order valence-electron chi connectivity index (χ0n) is 14.1. The second kappa shape index (κ2) is 8.35. The van der Waals surface area contributed by atoms with Gasteiger partial charge in [-0.2, -0.15) is 0 Å². The zero-order valence-corrected chi connectivity index (χ0v) is 14.9. The third kappa shape index (κ3) is 4.73. The number of H-pyrrole nitrogens is 1. The Morgan fingerprint density at radius 2 is 2.28 bits per heavy atom. The maximum absolute atomic E-state index is 12.3. The standard InChI is InChI=1S/C17H22N4O3S/c1-12(15(22)18-10-13-6-3-2-4-7-13)25-17-20-19-16(23)21(17)11-14-8-5-9-24-14/h2-4,6-7,12,14H,5,8-11H2,1H3,(H,18,22)(H,19,23). The molecule has 7 nitrogen and oxygen atoms in total. The first-order valence-corrected chi connectivity index (χ1v) is 9.26. The van der Waals surface area contributed by atoms with Crippen LogP contribution in [0.25, 0.3) is 0 Å². The number of ether oxygens (including phenoxy) is 1. The minimum Gasteiger partial charge on any atom is -0.376 e. The fourth-order valence-electron chi connectivity index (χ4n) is 2.69. The first-order chi connectivity index (χ1) is 12.1. The van der Waals surface area contributed by atoms with Gasteiger partial charge in [0.1, 0.15) is 0 Å². The number of hydrogen-bond donors (Lipinski definition) is 2. The number of carbonyl (C=O) groups excluding carboxylic acids is 1. The fourth-order valence-corrected chi connectivity index (χ4v) is 3.58. The summed E-state index contributed by atoms with van der Waals surface area (Å²) in [5, 5.41) is 9.58. The van der Waals surface area contributed by atoms with E-state index in [0.717, 1.165) is 25.0 Å². The van der Waals surface area contributed by atoms with Crippen molar-refractivity contribution in [1.29, 1.82) is 0 Å². The number of aromatic nitrogens is 3. The molecule has 0 spiro atoms. The SMILES string of the molecule is CC(Sc1n[nH]c(=O)n1CC1CCCO1)C(=O)NCc1ccccc1. The lowest BCUT2D eigenvalue weighted by atomic mass is 10.2. The van der Waals surface area contributed by atoms with E-state index < -0.39 is 0 Å². The zero-order chi connectivity index (χ0) is 17.6. The van der Waals surface area contributed by atoms with Crippen LogP contribution in [-0.2, 0) is 22.6 Å². The van der Waals surface area contributed by atoms with Crippen LogP contribution in [0.2, 0.25) is 0 Å². The van der Waals surface area contributed by atoms with Gasteiger partial charge in [-0.3, -0.25) is 9.36 Å². The summed E-state index contributed by atoms with van der Waals surface area (Å²) in [4.78, 5) is 24.3. The number of rotatable bonds is 7. The number of carbonyl (C=O) groups is 1. The minimum absolute atomic E-state index is 0.0388. The van der Waals surface area contributed by atoms with Crippen molar-refractivity contribution in [3.63, 3.8) is 0 Å². The van der Waals surface area contributed by atoms with Gasteiger partial charge in [0.05, 0.1) is 17.9 Å². The summed E-state index contributed by atoms with van der Waals surface area (Å²) in [5.74, 6) is -0.0898. The lowest BCUT2D eigenvalue weighted by Crippen LogP contribution is -2.31. The summed E-state index contributed by atoms with van der Waals surface area (Å²) in [6.45, 7) is 3.49. The van der Waals surface area contributed by atoms with E-state index in [1.54, 1.807) is 11.5 Å². The Bertz CT molecular complexity index is 753. The molecular weight excluding hydrogens is 340 g/mol. The van der Waals surface area contributed by atoms with Gasteiger partial charge in [0, 0.05) is 13.2 Å². The number of nitrogens with zero attached hydrogens (tertiary/aromatic N) is 2. The number of amides is 1. The minimum atomic E-state index is -0.359. The third-order valence-corrected chi connectivity index (χ3v) is 5.18. The van der Waals surface area contributed by atoms with E-state index >= 15 is 0 Å². The first kappa shape index (κ1) is 17.8. The Balaban J connectivity index is 1.57. The van der Waals surface area contributed by atoms with Gasteiger partial charge in [-0.05, 0) is 25.3 Å². The summed E-state index contributed by atoms with van der Waals surface area (Å²) >= 11 is 1.27. The summed E-state index contributed by atoms with van der Waals surface area (Å²) in [6.07, 6.45) is 1.99. The van der Waals surface area contributed by atoms with E-state index in [2.05, 4.69) is 15.5 Å². The molecule has 0 saturated carbocycles. The molecule has 1 fully saturated rings. The van der Waals surface area contributed by atoms with Crippen LogP contribution in [0.15, 0.2) is 40.3 Å². The molecular formula is C17H22N4O3S. The third-order valence-electron chi connectivity index (χ3n) is 4.09. The van der Waals surface area contributed by atoms with Crippen molar-refractivity contribution < 1.29 is 9.53 Å². The molecule has 2 N–H and O–H groups in total. The lowest BCUT2D eigenvalue weighted by Gasteiger charge is -2.14. The van der Waals surface area contributed by atoms with E-state index in [0.29, 0.717) is 18.2 Å². The quantitative estimate of drug-likeness (QED) is 0.730. The van der Waals surface area contributed by atoms with E-state index in [-0.39, 0.29) is 23.0 Å². The maximum atomic E-state index is 12.3. The van der Waals surface area contributed by atoms with Crippen LogP contribution in [0.5, 0.6) is 0 Å². The van der Waals surface area contributed by atoms with Crippen molar-refractivity contribution in [3.05, 3.63) is 46.4 Å². The molecule has 25 heavy (non-hydrogen) atoms. The van der Waals surface area contributed by atoms with Gasteiger partial charge in [0.15, 0.2) is 5.16 Å². The van der Waals surface area contributed by atoms with Crippen molar-refractivity contribution in [1.82, 2.24) is 20.1 Å². The van der Waals surface area contributed by atoms with Crippen LogP contribution < -0.4 is 11.0 Å². The summed E-state index contributed by atoms with van der Waals surface area (Å²) in [5.41, 5.74) is 0.776. The molecule has 134 valence electrons. The molecule has 1 aromatic heterocycles. The molecule has 1 aliphatic rings. The van der Waals surface area contributed by atoms with Crippen LogP contribution in [0.4, 0.5) is 0 Å². The van der Waals surface area contributed by atoms with E-state index in [1.165, 1.54) is 11.8 Å². The molecule has 2 aromatic rings. The Labute approximate surface area is 150 Å². The summed E-state index contributed by atoms with van der Waals surface area (Å²) < 4.78 is 7.14. The number of thioether (sulfide) groups is 1. The van der Waals surface area contributed by atoms with Gasteiger partial charge in [-0.15, -0.1) is 5.10 Å². The van der Waals surface area contributed by atoms with Gasteiger partial charge in [0.2, 0.25) is 5.91 Å². The van der Waals surface area contributed by atoms with Gasteiger partial charge in [-0.1, -0.05) is 42.1 Å². The topological polar surface area (TPSA) is 89.0 Å². The Hall–Kier alpha value is -2.06. The van der Waals surface area contributed by atoms with Gasteiger partial charge < -0.3 is 10.1 Å². The molecule has 2 atom stereocenters. The number of aromatic amines is 1. The lowest BCUT2D eigenvalue weighted by molar-refractivity contribution is -0.120. The van der Waals surface area contributed by atoms with E-state index in [1.807, 2.05) is 30.3 Å². The van der Waals surface area contributed by atoms with Gasteiger partial charge in [-0.25, -0.2) is 9.89 Å². The molecule has 1 saturated heterocycles. The van der Waals surface area contributed by atoms with Gasteiger partial charge in [0.25, 0.3) is 0 Å². The monoisotopic (exact) mass is 362 g/mol. The molecule has 8 heteroatoms. The second-order valence-electron chi connectivity index (χ2n) is 6.02. The van der Waals surface area contributed by atoms with Crippen LogP contribution in [0.3, 0.4) is 0 Å². The Kier molecular flexibility index (Phi) is 5.93. The van der Waals surface area contributed by atoms with Crippen LogP contribution in [-0.4, -0.2) is 38.6 Å². The first-order valence-electron chi connectivity index (χ1n) is 8.38. The molecule has 1 aromatic carbocycles. The second-order valence-corrected chi connectivity index (χ2v) is 7.33. The molecule has 2 unspecified atom stereocenters. The van der Waals surface area contributed by atoms with E-state index in [4.69, 9.17) is 4.74 Å². The van der Waals surface area contributed by atoms with Crippen LogP contribution in [0, 0.1) is 0 Å². The summed E-state index contributed by atoms with van der Waals surface area (Å²) in [7, 11) is 0. The number of hydrogen-bond acceptors (Lipinski definition) is 5. The summed E-state index contributed by atoms with van der Waals surface area (Å²) in [6, 6.07) is 9.74. The van der Waals surface area contributed by atoms with Crippen molar-refractivity contribution in [3.8, 4) is 0 Å². The highest BCUT2D eigenvalue weighted by Gasteiger charge is 2.22. The highest BCUT2D eigenvalue weighted by molar-refractivity contribution is 8.00. The molecule has 1 aliphatic heterocycles. The highest BCUT2D eigenvalue weighted by Crippen LogP contribution is 2.22. The van der Waals surface area contributed by atoms with Gasteiger partial charge >= 0.3 is 5.69 Å². The average Bonchev–Trinajstić information content (AvgIpc) is 3.26. The number of nitrogens with one attached hydrogen (secondary N) is 2. The van der Waals surface area contributed by atoms with E-state index in [9.17, 15) is 9.59 Å². The van der Waals surface area contributed by atoms with Crippen molar-refractivity contribution in [2.45, 2.75) is 49.4 Å². The van der Waals surface area contributed by atoms with Crippen LogP contribution >= 0.6 is 11.8 Å². The smallest absolute Gasteiger partial charge is 0.344 e.